The lowest BCUT2D eigenvalue weighted by atomic mass is 9.96. The summed E-state index contributed by atoms with van der Waals surface area (Å²) in [5.41, 5.74) is 2.12. The second-order valence-electron chi connectivity index (χ2n) is 7.17. The van der Waals surface area contributed by atoms with E-state index in [-0.39, 0.29) is 12.2 Å². The van der Waals surface area contributed by atoms with E-state index in [9.17, 15) is 9.59 Å². The summed E-state index contributed by atoms with van der Waals surface area (Å²) < 4.78 is 14.4. The molecule has 9 heteroatoms. The van der Waals surface area contributed by atoms with Crippen molar-refractivity contribution in [1.82, 2.24) is 14.3 Å². The highest BCUT2D eigenvalue weighted by molar-refractivity contribution is 7.07. The SMILES string of the molecule is CCOC(=O)C1=C(C)N=c2s/c(=C/c3ccn(CC)n3)c(=O)n2[C@H]1c1ccc(OC)cc1. The van der Waals surface area contributed by atoms with Gasteiger partial charge in [0.05, 0.1) is 41.3 Å². The van der Waals surface area contributed by atoms with E-state index in [0.29, 0.717) is 32.0 Å². The molecule has 0 fully saturated rings. The molecule has 1 aromatic carbocycles. The number of aryl methyl sites for hydroxylation is 1. The molecule has 4 rings (SSSR count). The highest BCUT2D eigenvalue weighted by Gasteiger charge is 2.33. The molecule has 0 saturated carbocycles. The molecule has 0 amide bonds. The van der Waals surface area contributed by atoms with Crippen molar-refractivity contribution in [2.45, 2.75) is 33.4 Å². The molecule has 1 aliphatic rings. The number of esters is 1. The number of methoxy groups -OCH3 is 1. The molecule has 0 saturated heterocycles. The zero-order valence-corrected chi connectivity index (χ0v) is 19.2. The number of benzene rings is 1. The average Bonchev–Trinajstić information content (AvgIpc) is 3.37. The van der Waals surface area contributed by atoms with Gasteiger partial charge in [0.15, 0.2) is 4.80 Å². The first-order valence-corrected chi connectivity index (χ1v) is 11.2. The molecule has 0 N–H and O–H groups in total. The molecular formula is C23H24N4O4S. The van der Waals surface area contributed by atoms with Crippen molar-refractivity contribution < 1.29 is 14.3 Å². The highest BCUT2D eigenvalue weighted by atomic mass is 32.1. The number of ether oxygens (including phenoxy) is 2. The Morgan fingerprint density at radius 2 is 1.97 bits per heavy atom. The molecule has 8 nitrogen and oxygen atoms in total. The van der Waals surface area contributed by atoms with Gasteiger partial charge < -0.3 is 9.47 Å². The van der Waals surface area contributed by atoms with Gasteiger partial charge in [-0.05, 0) is 50.6 Å². The first-order chi connectivity index (χ1) is 15.5. The van der Waals surface area contributed by atoms with E-state index in [1.54, 1.807) is 48.4 Å². The molecule has 0 bridgehead atoms. The quantitative estimate of drug-likeness (QED) is 0.534. The Morgan fingerprint density at radius 3 is 2.59 bits per heavy atom. The number of nitrogens with zero attached hydrogens (tertiary/aromatic N) is 4. The maximum absolute atomic E-state index is 13.5. The van der Waals surface area contributed by atoms with E-state index in [0.717, 1.165) is 12.1 Å². The normalized spacial score (nSPS) is 16.0. The van der Waals surface area contributed by atoms with Crippen LogP contribution < -0.4 is 19.6 Å². The van der Waals surface area contributed by atoms with Gasteiger partial charge in [-0.15, -0.1) is 0 Å². The third-order valence-electron chi connectivity index (χ3n) is 5.21. The monoisotopic (exact) mass is 452 g/mol. The second kappa shape index (κ2) is 8.96. The van der Waals surface area contributed by atoms with Crippen LogP contribution in [0.1, 0.15) is 38.1 Å². The van der Waals surface area contributed by atoms with Crippen LogP contribution in [0.15, 0.2) is 57.6 Å². The molecule has 3 heterocycles. The van der Waals surface area contributed by atoms with E-state index >= 15 is 0 Å². The van der Waals surface area contributed by atoms with E-state index in [1.165, 1.54) is 11.3 Å². The molecule has 0 unspecified atom stereocenters. The molecule has 32 heavy (non-hydrogen) atoms. The summed E-state index contributed by atoms with van der Waals surface area (Å²) in [5, 5.41) is 4.44. The number of rotatable bonds is 6. The first kappa shape index (κ1) is 21.8. The molecule has 2 aromatic heterocycles. The van der Waals surface area contributed by atoms with Crippen molar-refractivity contribution in [3.05, 3.63) is 78.7 Å². The van der Waals surface area contributed by atoms with Crippen molar-refractivity contribution >= 4 is 23.4 Å². The van der Waals surface area contributed by atoms with E-state index in [4.69, 9.17) is 9.47 Å². The van der Waals surface area contributed by atoms with Crippen LogP contribution in [0.25, 0.3) is 6.08 Å². The predicted octanol–water partition coefficient (Wildman–Crippen LogP) is 2.02. The lowest BCUT2D eigenvalue weighted by Gasteiger charge is -2.24. The van der Waals surface area contributed by atoms with Crippen molar-refractivity contribution in [2.75, 3.05) is 13.7 Å². The van der Waals surface area contributed by atoms with Crippen LogP contribution >= 0.6 is 11.3 Å². The molecule has 0 radical (unpaired) electrons. The van der Waals surface area contributed by atoms with Gasteiger partial charge in [0.25, 0.3) is 5.56 Å². The Balaban J connectivity index is 1.92. The third-order valence-corrected chi connectivity index (χ3v) is 6.20. The Morgan fingerprint density at radius 1 is 1.22 bits per heavy atom. The van der Waals surface area contributed by atoms with E-state index < -0.39 is 12.0 Å². The topological polar surface area (TPSA) is 87.7 Å². The smallest absolute Gasteiger partial charge is 0.338 e. The van der Waals surface area contributed by atoms with Crippen LogP contribution in [-0.4, -0.2) is 34.0 Å². The number of hydrogen-bond acceptors (Lipinski definition) is 7. The Labute approximate surface area is 188 Å². The maximum atomic E-state index is 13.5. The van der Waals surface area contributed by atoms with Crippen LogP contribution in [0.3, 0.4) is 0 Å². The van der Waals surface area contributed by atoms with E-state index in [1.807, 2.05) is 31.3 Å². The molecular weight excluding hydrogens is 428 g/mol. The van der Waals surface area contributed by atoms with Crippen molar-refractivity contribution in [3.8, 4) is 5.75 Å². The average molecular weight is 453 g/mol. The standard InChI is InChI=1S/C23H24N4O4S/c1-5-26-12-11-16(25-26)13-18-21(28)27-20(15-7-9-17(30-4)10-8-15)19(22(29)31-6-2)14(3)24-23(27)32-18/h7-13,20H,5-6H2,1-4H3/b18-13+/t20-/m0/s1. The molecule has 0 aliphatic carbocycles. The van der Waals surface area contributed by atoms with Gasteiger partial charge in [-0.1, -0.05) is 23.5 Å². The number of allylic oxidation sites excluding steroid dienone is 1. The summed E-state index contributed by atoms with van der Waals surface area (Å²) >= 11 is 1.28. The van der Waals surface area contributed by atoms with Gasteiger partial charge in [-0.3, -0.25) is 14.0 Å². The number of carbonyl (C=O) groups is 1. The zero-order valence-electron chi connectivity index (χ0n) is 18.4. The fourth-order valence-corrected chi connectivity index (χ4v) is 4.69. The van der Waals surface area contributed by atoms with Crippen LogP contribution in [0.5, 0.6) is 5.75 Å². The van der Waals surface area contributed by atoms with Gasteiger partial charge in [0.2, 0.25) is 0 Å². The van der Waals surface area contributed by atoms with Crippen LogP contribution in [0.4, 0.5) is 0 Å². The first-order valence-electron chi connectivity index (χ1n) is 10.3. The maximum Gasteiger partial charge on any atom is 0.338 e. The van der Waals surface area contributed by atoms with Gasteiger partial charge >= 0.3 is 5.97 Å². The lowest BCUT2D eigenvalue weighted by Crippen LogP contribution is -2.39. The molecule has 166 valence electrons. The van der Waals surface area contributed by atoms with Gasteiger partial charge in [0.1, 0.15) is 5.75 Å². The zero-order chi connectivity index (χ0) is 22.8. The molecule has 1 aliphatic heterocycles. The van der Waals surface area contributed by atoms with Crippen molar-refractivity contribution in [3.63, 3.8) is 0 Å². The minimum atomic E-state index is -0.647. The minimum absolute atomic E-state index is 0.227. The fourth-order valence-electron chi connectivity index (χ4n) is 3.66. The highest BCUT2D eigenvalue weighted by Crippen LogP contribution is 2.31. The summed E-state index contributed by atoms with van der Waals surface area (Å²) in [4.78, 5) is 31.5. The largest absolute Gasteiger partial charge is 0.497 e. The fraction of sp³-hybridized carbons (Fsp3) is 0.304. The van der Waals surface area contributed by atoms with Gasteiger partial charge in [-0.25, -0.2) is 9.79 Å². The number of hydrogen-bond donors (Lipinski definition) is 0. The summed E-state index contributed by atoms with van der Waals surface area (Å²) in [7, 11) is 1.59. The van der Waals surface area contributed by atoms with Crippen molar-refractivity contribution in [2.24, 2.45) is 4.99 Å². The summed E-state index contributed by atoms with van der Waals surface area (Å²) in [6.45, 7) is 6.49. The summed E-state index contributed by atoms with van der Waals surface area (Å²) in [5.74, 6) is 0.205. The Kier molecular flexibility index (Phi) is 6.09. The van der Waals surface area contributed by atoms with E-state index in [2.05, 4.69) is 10.1 Å². The van der Waals surface area contributed by atoms with Crippen LogP contribution in [-0.2, 0) is 16.1 Å². The molecule has 0 spiro atoms. The number of fused-ring (bicyclic) bond motifs is 1. The molecule has 1 atom stereocenters. The van der Waals surface area contributed by atoms with Gasteiger partial charge in [0, 0.05) is 12.7 Å². The minimum Gasteiger partial charge on any atom is -0.497 e. The molecule has 3 aromatic rings. The lowest BCUT2D eigenvalue weighted by molar-refractivity contribution is -0.139. The second-order valence-corrected chi connectivity index (χ2v) is 8.18. The number of carbonyl (C=O) groups excluding carboxylic acids is 1. The number of thiazole rings is 1. The summed E-state index contributed by atoms with van der Waals surface area (Å²) in [6, 6.07) is 8.52. The Hall–Kier alpha value is -3.46. The number of aromatic nitrogens is 3. The van der Waals surface area contributed by atoms with Crippen molar-refractivity contribution in [1.29, 1.82) is 0 Å². The third kappa shape index (κ3) is 3.91. The Bertz CT molecular complexity index is 1360. The van der Waals surface area contributed by atoms with Crippen LogP contribution in [0.2, 0.25) is 0 Å². The summed E-state index contributed by atoms with van der Waals surface area (Å²) in [6.07, 6.45) is 3.62. The van der Waals surface area contributed by atoms with Crippen LogP contribution in [0, 0.1) is 0 Å². The van der Waals surface area contributed by atoms with Gasteiger partial charge in [-0.2, -0.15) is 5.10 Å². The predicted molar refractivity (Wildman–Crippen MR) is 121 cm³/mol.